The van der Waals surface area contributed by atoms with E-state index in [9.17, 15) is 14.4 Å². The van der Waals surface area contributed by atoms with Gasteiger partial charge >= 0.3 is 5.97 Å². The molecule has 0 radical (unpaired) electrons. The van der Waals surface area contributed by atoms with Gasteiger partial charge in [-0.3, -0.25) is 9.59 Å². The maximum atomic E-state index is 13.5. The Morgan fingerprint density at radius 2 is 1.68 bits per heavy atom. The van der Waals surface area contributed by atoms with Crippen LogP contribution >= 0.6 is 0 Å². The number of hydrogen-bond acceptors (Lipinski definition) is 5. The Labute approximate surface area is 221 Å². The molecule has 5 rings (SSSR count). The maximum Gasteiger partial charge on any atom is 0.340 e. The van der Waals surface area contributed by atoms with E-state index in [1.165, 1.54) is 0 Å². The van der Waals surface area contributed by atoms with Gasteiger partial charge in [0.05, 0.1) is 28.0 Å². The number of nitrogens with one attached hydrogen (secondary N) is 1. The van der Waals surface area contributed by atoms with Gasteiger partial charge in [0.2, 0.25) is 0 Å². The number of anilines is 1. The first-order valence-corrected chi connectivity index (χ1v) is 12.8. The van der Waals surface area contributed by atoms with E-state index in [2.05, 4.69) is 12.2 Å². The number of fused-ring (bicyclic) bond motifs is 1. The average Bonchev–Trinajstić information content (AvgIpc) is 2.95. The van der Waals surface area contributed by atoms with Gasteiger partial charge in [0, 0.05) is 24.0 Å². The number of carbonyl (C=O) groups is 3. The molecule has 192 valence electrons. The van der Waals surface area contributed by atoms with E-state index in [0.29, 0.717) is 46.9 Å². The third kappa shape index (κ3) is 5.57. The number of piperidine rings is 1. The lowest BCUT2D eigenvalue weighted by Gasteiger charge is -2.30. The normalized spacial score (nSPS) is 15.2. The van der Waals surface area contributed by atoms with Crippen LogP contribution in [-0.4, -0.2) is 47.4 Å². The van der Waals surface area contributed by atoms with Gasteiger partial charge in [-0.15, -0.1) is 0 Å². The highest BCUT2D eigenvalue weighted by Crippen LogP contribution is 2.26. The number of hydrogen-bond donors (Lipinski definition) is 1. The number of benzene rings is 3. The lowest BCUT2D eigenvalue weighted by molar-refractivity contribution is -0.136. The summed E-state index contributed by atoms with van der Waals surface area (Å²) < 4.78 is 5.36. The van der Waals surface area contributed by atoms with Gasteiger partial charge in [-0.1, -0.05) is 67.6 Å². The third-order valence-corrected chi connectivity index (χ3v) is 6.76. The van der Waals surface area contributed by atoms with E-state index in [0.717, 1.165) is 18.4 Å². The first kappa shape index (κ1) is 25.1. The molecule has 0 saturated carbocycles. The van der Waals surface area contributed by atoms with Crippen LogP contribution in [0.4, 0.5) is 5.69 Å². The Balaban J connectivity index is 1.36. The number of nitrogens with zero attached hydrogens (tertiary/aromatic N) is 2. The van der Waals surface area contributed by atoms with E-state index in [1.54, 1.807) is 35.2 Å². The zero-order valence-electron chi connectivity index (χ0n) is 21.2. The molecule has 0 aliphatic carbocycles. The topological polar surface area (TPSA) is 88.6 Å². The summed E-state index contributed by atoms with van der Waals surface area (Å²) >= 11 is 0. The predicted octanol–water partition coefficient (Wildman–Crippen LogP) is 5.57. The largest absolute Gasteiger partial charge is 0.452 e. The van der Waals surface area contributed by atoms with E-state index >= 15 is 0 Å². The second kappa shape index (κ2) is 11.3. The van der Waals surface area contributed by atoms with Crippen LogP contribution < -0.4 is 5.32 Å². The molecule has 4 aromatic rings. The van der Waals surface area contributed by atoms with Crippen LogP contribution in [0.2, 0.25) is 0 Å². The highest BCUT2D eigenvalue weighted by Gasteiger charge is 2.23. The maximum absolute atomic E-state index is 13.5. The summed E-state index contributed by atoms with van der Waals surface area (Å²) in [6.07, 6.45) is 2.04. The van der Waals surface area contributed by atoms with E-state index in [4.69, 9.17) is 9.72 Å². The van der Waals surface area contributed by atoms with Crippen LogP contribution in [0.15, 0.2) is 84.9 Å². The van der Waals surface area contributed by atoms with E-state index in [1.807, 2.05) is 54.6 Å². The summed E-state index contributed by atoms with van der Waals surface area (Å²) in [5.41, 5.74) is 3.19. The number of likely N-dealkylation sites (tertiary alicyclic amines) is 1. The summed E-state index contributed by atoms with van der Waals surface area (Å²) in [4.78, 5) is 45.5. The fourth-order valence-electron chi connectivity index (χ4n) is 4.79. The highest BCUT2D eigenvalue weighted by molar-refractivity contribution is 6.14. The average molecular weight is 508 g/mol. The van der Waals surface area contributed by atoms with E-state index < -0.39 is 5.97 Å². The Hall–Kier alpha value is -4.52. The zero-order valence-corrected chi connectivity index (χ0v) is 21.2. The van der Waals surface area contributed by atoms with Gasteiger partial charge in [0.1, 0.15) is 0 Å². The predicted molar refractivity (Wildman–Crippen MR) is 147 cm³/mol. The van der Waals surface area contributed by atoms with E-state index in [-0.39, 0.29) is 24.0 Å². The van der Waals surface area contributed by atoms with Gasteiger partial charge in [0.15, 0.2) is 6.61 Å². The number of esters is 1. The molecule has 38 heavy (non-hydrogen) atoms. The number of ether oxygens (including phenoxy) is 1. The van der Waals surface area contributed by atoms with Gasteiger partial charge in [-0.2, -0.15) is 0 Å². The molecular weight excluding hydrogens is 478 g/mol. The van der Waals surface area contributed by atoms with Gasteiger partial charge < -0.3 is 15.0 Å². The molecular formula is C31H29N3O4. The van der Waals surface area contributed by atoms with Crippen molar-refractivity contribution >= 4 is 34.4 Å². The second-order valence-electron chi connectivity index (χ2n) is 9.60. The molecule has 1 fully saturated rings. The second-order valence-corrected chi connectivity index (χ2v) is 9.60. The highest BCUT2D eigenvalue weighted by atomic mass is 16.5. The Bertz CT molecular complexity index is 1490. The molecule has 7 nitrogen and oxygen atoms in total. The van der Waals surface area contributed by atoms with Crippen LogP contribution in [0, 0.1) is 5.92 Å². The minimum Gasteiger partial charge on any atom is -0.452 e. The van der Waals surface area contributed by atoms with Crippen molar-refractivity contribution in [3.05, 3.63) is 96.1 Å². The molecule has 1 N–H and O–H groups in total. The van der Waals surface area contributed by atoms with Crippen LogP contribution in [0.25, 0.3) is 22.2 Å². The molecule has 1 saturated heterocycles. The lowest BCUT2D eigenvalue weighted by Crippen LogP contribution is -2.41. The smallest absolute Gasteiger partial charge is 0.340 e. The van der Waals surface area contributed by atoms with Crippen molar-refractivity contribution in [2.75, 3.05) is 25.0 Å². The van der Waals surface area contributed by atoms with Gasteiger partial charge in [0.25, 0.3) is 11.8 Å². The number of rotatable bonds is 6. The first-order chi connectivity index (χ1) is 18.5. The van der Waals surface area contributed by atoms with Crippen LogP contribution in [0.1, 0.15) is 40.5 Å². The minimum absolute atomic E-state index is 0.183. The molecule has 2 amide bonds. The van der Waals surface area contributed by atoms with Crippen LogP contribution in [-0.2, 0) is 9.53 Å². The number of pyridine rings is 1. The molecule has 1 aromatic heterocycles. The number of amides is 2. The quantitative estimate of drug-likeness (QED) is 0.345. The molecule has 1 atom stereocenters. The van der Waals surface area contributed by atoms with Crippen LogP contribution in [0.3, 0.4) is 0 Å². The SMILES string of the molecule is CC1CCCN(C(=O)COC(=O)c2ccccc2NC(=O)c2cc(-c3ccccc3)nc3ccccc23)C1. The lowest BCUT2D eigenvalue weighted by atomic mass is 10.0. The van der Waals surface area contributed by atoms with Crippen molar-refractivity contribution in [1.82, 2.24) is 9.88 Å². The molecule has 7 heteroatoms. The fourth-order valence-corrected chi connectivity index (χ4v) is 4.79. The Morgan fingerprint density at radius 3 is 2.50 bits per heavy atom. The third-order valence-electron chi connectivity index (χ3n) is 6.76. The Kier molecular flexibility index (Phi) is 7.45. The molecule has 1 aliphatic heterocycles. The standard InChI is InChI=1S/C31H29N3O4/c1-21-10-9-17-34(19-21)29(35)20-38-31(37)24-14-6-8-16-27(24)33-30(36)25-18-28(22-11-3-2-4-12-22)32-26-15-7-5-13-23(25)26/h2-8,11-16,18,21H,9-10,17,19-20H2,1H3,(H,33,36). The molecule has 2 heterocycles. The van der Waals surface area contributed by atoms with Gasteiger partial charge in [-0.25, -0.2) is 9.78 Å². The molecule has 1 aliphatic rings. The summed E-state index contributed by atoms with van der Waals surface area (Å²) in [6.45, 7) is 3.13. The molecule has 0 bridgehead atoms. The number of para-hydroxylation sites is 2. The van der Waals surface area contributed by atoms with Crippen molar-refractivity contribution in [2.24, 2.45) is 5.92 Å². The summed E-state index contributed by atoms with van der Waals surface area (Å²) in [6, 6.07) is 25.5. The monoisotopic (exact) mass is 507 g/mol. The van der Waals surface area contributed by atoms with Crippen molar-refractivity contribution in [1.29, 1.82) is 0 Å². The minimum atomic E-state index is -0.663. The van der Waals surface area contributed by atoms with Crippen molar-refractivity contribution < 1.29 is 19.1 Å². The number of aromatic nitrogens is 1. The van der Waals surface area contributed by atoms with Crippen molar-refractivity contribution in [3.8, 4) is 11.3 Å². The van der Waals surface area contributed by atoms with Crippen molar-refractivity contribution in [2.45, 2.75) is 19.8 Å². The molecule has 1 unspecified atom stereocenters. The van der Waals surface area contributed by atoms with Crippen LogP contribution in [0.5, 0.6) is 0 Å². The van der Waals surface area contributed by atoms with Crippen molar-refractivity contribution in [3.63, 3.8) is 0 Å². The summed E-state index contributed by atoms with van der Waals surface area (Å²) in [7, 11) is 0. The molecule has 3 aromatic carbocycles. The molecule has 0 spiro atoms. The fraction of sp³-hybridized carbons (Fsp3) is 0.226. The first-order valence-electron chi connectivity index (χ1n) is 12.8. The van der Waals surface area contributed by atoms with Gasteiger partial charge in [-0.05, 0) is 43.0 Å². The Morgan fingerprint density at radius 1 is 0.947 bits per heavy atom. The summed E-state index contributed by atoms with van der Waals surface area (Å²) in [5, 5.41) is 3.57. The zero-order chi connectivity index (χ0) is 26.5. The number of carbonyl (C=O) groups excluding carboxylic acids is 3. The summed E-state index contributed by atoms with van der Waals surface area (Å²) in [5.74, 6) is -0.808.